The van der Waals surface area contributed by atoms with Crippen molar-refractivity contribution in [3.63, 3.8) is 0 Å². The van der Waals surface area contributed by atoms with E-state index < -0.39 is 0 Å². The first-order valence-corrected chi connectivity index (χ1v) is 7.62. The molecule has 0 aliphatic carbocycles. The number of aryl methyl sites for hydroxylation is 1. The van der Waals surface area contributed by atoms with Crippen LogP contribution in [0.5, 0.6) is 0 Å². The molecule has 1 unspecified atom stereocenters. The van der Waals surface area contributed by atoms with Crippen molar-refractivity contribution in [1.29, 1.82) is 0 Å². The van der Waals surface area contributed by atoms with Crippen molar-refractivity contribution in [2.75, 3.05) is 5.32 Å². The molecule has 7 heteroatoms. The molecular formula is C14H19BrN4O2. The van der Waals surface area contributed by atoms with Gasteiger partial charge in [-0.15, -0.1) is 0 Å². The Labute approximate surface area is 131 Å². The normalized spacial score (nSPS) is 12.7. The van der Waals surface area contributed by atoms with Gasteiger partial charge in [0.1, 0.15) is 16.3 Å². The summed E-state index contributed by atoms with van der Waals surface area (Å²) in [7, 11) is 0. The average molecular weight is 355 g/mol. The molecule has 0 radical (unpaired) electrons. The van der Waals surface area contributed by atoms with Gasteiger partial charge < -0.3 is 9.73 Å². The van der Waals surface area contributed by atoms with Gasteiger partial charge >= 0.3 is 0 Å². The van der Waals surface area contributed by atoms with Gasteiger partial charge in [0.15, 0.2) is 0 Å². The third-order valence-electron chi connectivity index (χ3n) is 2.90. The second kappa shape index (κ2) is 6.43. The van der Waals surface area contributed by atoms with Crippen molar-refractivity contribution >= 4 is 21.6 Å². The van der Waals surface area contributed by atoms with Crippen LogP contribution in [0.3, 0.4) is 0 Å². The van der Waals surface area contributed by atoms with Gasteiger partial charge in [0, 0.05) is 6.54 Å². The number of halogens is 1. The molecule has 6 nitrogen and oxygen atoms in total. The zero-order chi connectivity index (χ0) is 15.6. The largest absolute Gasteiger partial charge is 0.444 e. The summed E-state index contributed by atoms with van der Waals surface area (Å²) in [6.45, 7) is 8.43. The first kappa shape index (κ1) is 15.8. The second-order valence-electron chi connectivity index (χ2n) is 5.43. The van der Waals surface area contributed by atoms with Gasteiger partial charge in [-0.2, -0.15) is 5.10 Å². The van der Waals surface area contributed by atoms with E-state index in [9.17, 15) is 4.79 Å². The Hall–Kier alpha value is -1.63. The third kappa shape index (κ3) is 3.72. The fourth-order valence-corrected chi connectivity index (χ4v) is 2.33. The Morgan fingerprint density at radius 1 is 1.38 bits per heavy atom. The lowest BCUT2D eigenvalue weighted by molar-refractivity contribution is 0.452. The zero-order valence-corrected chi connectivity index (χ0v) is 14.1. The summed E-state index contributed by atoms with van der Waals surface area (Å²) in [4.78, 5) is 16.4. The molecule has 2 aromatic rings. The molecule has 0 aromatic carbocycles. The van der Waals surface area contributed by atoms with Crippen molar-refractivity contribution in [3.8, 4) is 0 Å². The lowest BCUT2D eigenvalue weighted by Crippen LogP contribution is -2.26. The van der Waals surface area contributed by atoms with E-state index >= 15 is 0 Å². The number of aromatic nitrogens is 3. The molecule has 0 saturated carbocycles. The molecule has 0 saturated heterocycles. The van der Waals surface area contributed by atoms with E-state index in [1.807, 2.05) is 27.7 Å². The number of nitrogens with zero attached hydrogens (tertiary/aromatic N) is 3. The average Bonchev–Trinajstić information content (AvgIpc) is 2.84. The predicted octanol–water partition coefficient (Wildman–Crippen LogP) is 3.13. The van der Waals surface area contributed by atoms with Gasteiger partial charge in [-0.05, 0) is 35.7 Å². The van der Waals surface area contributed by atoms with E-state index in [0.717, 1.165) is 5.76 Å². The number of hydrogen-bond acceptors (Lipinski definition) is 5. The fourth-order valence-electron chi connectivity index (χ4n) is 1.91. The molecule has 0 fully saturated rings. The molecule has 2 aromatic heterocycles. The highest BCUT2D eigenvalue weighted by atomic mass is 79.9. The van der Waals surface area contributed by atoms with Crippen LogP contribution in [0.4, 0.5) is 5.69 Å². The Bertz CT molecular complexity index is 678. The summed E-state index contributed by atoms with van der Waals surface area (Å²) in [6, 6.07) is -0.155. The maximum Gasteiger partial charge on any atom is 0.283 e. The standard InChI is InChI=1S/C14H19BrN4O2/c1-8(2)7-19-14(20)12(15)11(6-17-19)18-10(4)13-16-5-9(3)21-13/h5-6,8,10,18H,7H2,1-4H3. The lowest BCUT2D eigenvalue weighted by atomic mass is 10.2. The predicted molar refractivity (Wildman–Crippen MR) is 84.3 cm³/mol. The number of rotatable bonds is 5. The Balaban J connectivity index is 2.21. The summed E-state index contributed by atoms with van der Waals surface area (Å²) in [6.07, 6.45) is 3.31. The van der Waals surface area contributed by atoms with Crippen LogP contribution in [0, 0.1) is 12.8 Å². The van der Waals surface area contributed by atoms with Gasteiger partial charge in [0.2, 0.25) is 5.89 Å². The molecule has 21 heavy (non-hydrogen) atoms. The molecule has 0 spiro atoms. The maximum absolute atomic E-state index is 12.2. The molecule has 114 valence electrons. The minimum Gasteiger partial charge on any atom is -0.444 e. The molecular weight excluding hydrogens is 336 g/mol. The fraction of sp³-hybridized carbons (Fsp3) is 0.500. The van der Waals surface area contributed by atoms with Gasteiger partial charge in [-0.25, -0.2) is 9.67 Å². The summed E-state index contributed by atoms with van der Waals surface area (Å²) < 4.78 is 7.40. The highest BCUT2D eigenvalue weighted by Gasteiger charge is 2.15. The molecule has 0 aliphatic heterocycles. The number of hydrogen-bond donors (Lipinski definition) is 1. The molecule has 1 N–H and O–H groups in total. The van der Waals surface area contributed by atoms with Crippen LogP contribution in [-0.2, 0) is 6.54 Å². The van der Waals surface area contributed by atoms with Crippen LogP contribution >= 0.6 is 15.9 Å². The van der Waals surface area contributed by atoms with Crippen LogP contribution in [0.1, 0.15) is 38.5 Å². The quantitative estimate of drug-likeness (QED) is 0.892. The van der Waals surface area contributed by atoms with Crippen molar-refractivity contribution in [2.24, 2.45) is 5.92 Å². The van der Waals surface area contributed by atoms with Crippen molar-refractivity contribution in [1.82, 2.24) is 14.8 Å². The maximum atomic E-state index is 12.2. The molecule has 2 rings (SSSR count). The summed E-state index contributed by atoms with van der Waals surface area (Å²) in [5.74, 6) is 1.68. The van der Waals surface area contributed by atoms with E-state index in [1.54, 1.807) is 12.4 Å². The Morgan fingerprint density at radius 3 is 2.67 bits per heavy atom. The van der Waals surface area contributed by atoms with Gasteiger partial charge in [0.25, 0.3) is 5.56 Å². The van der Waals surface area contributed by atoms with E-state index in [0.29, 0.717) is 28.5 Å². The first-order chi connectivity index (χ1) is 9.88. The number of nitrogens with one attached hydrogen (secondary N) is 1. The lowest BCUT2D eigenvalue weighted by Gasteiger charge is -2.14. The van der Waals surface area contributed by atoms with Gasteiger partial charge in [-0.1, -0.05) is 13.8 Å². The molecule has 0 aliphatic rings. The van der Waals surface area contributed by atoms with E-state index in [-0.39, 0.29) is 11.6 Å². The van der Waals surface area contributed by atoms with E-state index in [4.69, 9.17) is 4.42 Å². The van der Waals surface area contributed by atoms with Crippen LogP contribution in [0.25, 0.3) is 0 Å². The first-order valence-electron chi connectivity index (χ1n) is 6.83. The Morgan fingerprint density at radius 2 is 2.10 bits per heavy atom. The summed E-state index contributed by atoms with van der Waals surface area (Å²) in [5, 5.41) is 7.37. The second-order valence-corrected chi connectivity index (χ2v) is 6.22. The molecule has 0 amide bonds. The highest BCUT2D eigenvalue weighted by Crippen LogP contribution is 2.23. The summed E-state index contributed by atoms with van der Waals surface area (Å²) in [5.41, 5.74) is 0.479. The minimum absolute atomic E-state index is 0.149. The topological polar surface area (TPSA) is 73.0 Å². The molecule has 0 bridgehead atoms. The number of anilines is 1. The van der Waals surface area contributed by atoms with Crippen LogP contribution < -0.4 is 10.9 Å². The number of oxazole rings is 1. The Kier molecular flexibility index (Phi) is 4.82. The smallest absolute Gasteiger partial charge is 0.283 e. The van der Waals surface area contributed by atoms with Crippen LogP contribution in [0.15, 0.2) is 26.1 Å². The third-order valence-corrected chi connectivity index (χ3v) is 3.67. The van der Waals surface area contributed by atoms with Gasteiger partial charge in [-0.3, -0.25) is 4.79 Å². The van der Waals surface area contributed by atoms with Crippen molar-refractivity contribution in [3.05, 3.63) is 38.9 Å². The highest BCUT2D eigenvalue weighted by molar-refractivity contribution is 9.10. The molecule has 2 heterocycles. The van der Waals surface area contributed by atoms with E-state index in [2.05, 4.69) is 31.3 Å². The van der Waals surface area contributed by atoms with Crippen LogP contribution in [-0.4, -0.2) is 14.8 Å². The van der Waals surface area contributed by atoms with Gasteiger partial charge in [0.05, 0.1) is 18.1 Å². The van der Waals surface area contributed by atoms with Crippen molar-refractivity contribution < 1.29 is 4.42 Å². The minimum atomic E-state index is -0.155. The zero-order valence-electron chi connectivity index (χ0n) is 12.6. The summed E-state index contributed by atoms with van der Waals surface area (Å²) >= 11 is 3.34. The SMILES string of the molecule is Cc1cnc(C(C)Nc2cnn(CC(C)C)c(=O)c2Br)o1. The monoisotopic (exact) mass is 354 g/mol. The van der Waals surface area contributed by atoms with Crippen molar-refractivity contribution in [2.45, 2.75) is 40.3 Å². The van der Waals surface area contributed by atoms with Crippen LogP contribution in [0.2, 0.25) is 0 Å². The molecule has 1 atom stereocenters. The van der Waals surface area contributed by atoms with E-state index in [1.165, 1.54) is 4.68 Å².